The predicted molar refractivity (Wildman–Crippen MR) is 240 cm³/mol. The van der Waals surface area contributed by atoms with E-state index in [0.717, 1.165) is 82.5 Å². The van der Waals surface area contributed by atoms with Gasteiger partial charge in [-0.05, 0) is 106 Å². The number of benzene rings is 9. The minimum atomic E-state index is -1.37. The van der Waals surface area contributed by atoms with Gasteiger partial charge in [0.25, 0.3) is 0 Å². The van der Waals surface area contributed by atoms with Crippen molar-refractivity contribution in [2.75, 3.05) is 4.90 Å². The Morgan fingerprint density at radius 2 is 1.00 bits per heavy atom. The quantitative estimate of drug-likeness (QED) is 0.182. The van der Waals surface area contributed by atoms with Crippen LogP contribution in [0.3, 0.4) is 0 Å². The number of rotatable bonds is 6. The normalized spacial score (nSPS) is 14.6. The molecule has 1 atom stereocenters. The molecule has 0 saturated carbocycles. The zero-order chi connectivity index (χ0) is 38.1. The fraction of sp³-hybridized carbons (Fsp3) is 0.0189. The molecule has 1 aliphatic carbocycles. The number of halogens is 1. The van der Waals surface area contributed by atoms with E-state index in [1.807, 2.05) is 18.2 Å². The maximum absolute atomic E-state index is 13.3. The molecule has 0 amide bonds. The minimum absolute atomic E-state index is 0.845. The van der Waals surface area contributed by atoms with E-state index in [1.54, 1.807) is 0 Å². The van der Waals surface area contributed by atoms with E-state index in [-0.39, 0.29) is 0 Å². The molecule has 57 heavy (non-hydrogen) atoms. The Hall–Kier alpha value is -6.72. The van der Waals surface area contributed by atoms with Gasteiger partial charge in [0.05, 0.1) is 11.0 Å². The SMILES string of the molecule is OC1(c2ccccc2-c2cc(N(c3ccccc3)c3ccc4c(c3)c3ccccc3n4-c3ccccc3)cc3ccccc23)c2ccccc2-c2ccc(Br)cc21. The highest BCUT2D eigenvalue weighted by molar-refractivity contribution is 9.10. The van der Waals surface area contributed by atoms with Gasteiger partial charge in [0, 0.05) is 54.7 Å². The number of hydrogen-bond acceptors (Lipinski definition) is 2. The van der Waals surface area contributed by atoms with E-state index in [0.29, 0.717) is 0 Å². The molecule has 11 rings (SSSR count). The highest BCUT2D eigenvalue weighted by Gasteiger charge is 2.44. The van der Waals surface area contributed by atoms with E-state index in [2.05, 4.69) is 213 Å². The second-order valence-electron chi connectivity index (χ2n) is 14.8. The Morgan fingerprint density at radius 1 is 0.404 bits per heavy atom. The molecular weight excluding hydrogens is 760 g/mol. The molecular formula is C53H35BrN2O. The van der Waals surface area contributed by atoms with E-state index in [9.17, 15) is 5.11 Å². The van der Waals surface area contributed by atoms with Gasteiger partial charge in [0.15, 0.2) is 0 Å². The summed E-state index contributed by atoms with van der Waals surface area (Å²) in [5.41, 5.74) is 12.0. The molecule has 0 fully saturated rings. The van der Waals surface area contributed by atoms with Gasteiger partial charge < -0.3 is 14.6 Å². The van der Waals surface area contributed by atoms with Crippen molar-refractivity contribution >= 4 is 65.6 Å². The van der Waals surface area contributed by atoms with Crippen molar-refractivity contribution < 1.29 is 5.11 Å². The first kappa shape index (κ1) is 33.6. The standard InChI is InChI=1S/C53H35BrN2O/c54-36-27-29-44-42-21-9-12-24-48(42)53(57,50(44)32-36)49-25-13-10-22-43(49)46-34-40(31-35-15-7-8-20-41(35)46)55(37-16-3-1-4-17-37)39-28-30-52-47(33-39)45-23-11-14-26-51(45)56(52)38-18-5-2-6-19-38/h1-34,57H. The molecule has 1 aromatic heterocycles. The summed E-state index contributed by atoms with van der Waals surface area (Å²) in [6, 6.07) is 72.8. The maximum Gasteiger partial charge on any atom is 0.142 e. The van der Waals surface area contributed by atoms with E-state index in [4.69, 9.17) is 0 Å². The number of para-hydroxylation sites is 3. The lowest BCUT2D eigenvalue weighted by atomic mass is 9.79. The van der Waals surface area contributed by atoms with Crippen LogP contribution >= 0.6 is 15.9 Å². The van der Waals surface area contributed by atoms with Crippen molar-refractivity contribution in [1.29, 1.82) is 0 Å². The molecule has 4 heteroatoms. The Labute approximate surface area is 339 Å². The van der Waals surface area contributed by atoms with Crippen molar-refractivity contribution in [3.05, 3.63) is 227 Å². The fourth-order valence-electron chi connectivity index (χ4n) is 9.18. The van der Waals surface area contributed by atoms with Gasteiger partial charge in [-0.1, -0.05) is 149 Å². The molecule has 0 saturated heterocycles. The summed E-state index contributed by atoms with van der Waals surface area (Å²) < 4.78 is 3.29. The van der Waals surface area contributed by atoms with Crippen LogP contribution in [0.25, 0.3) is 60.5 Å². The second kappa shape index (κ2) is 13.2. The number of anilines is 3. The second-order valence-corrected chi connectivity index (χ2v) is 15.7. The Bertz CT molecular complexity index is 3170. The molecule has 10 aromatic rings. The van der Waals surface area contributed by atoms with Crippen LogP contribution in [0.4, 0.5) is 17.1 Å². The third-order valence-electron chi connectivity index (χ3n) is 11.6. The average molecular weight is 796 g/mol. The zero-order valence-electron chi connectivity index (χ0n) is 30.8. The van der Waals surface area contributed by atoms with Gasteiger partial charge >= 0.3 is 0 Å². The van der Waals surface area contributed by atoms with Crippen LogP contribution in [0.5, 0.6) is 0 Å². The first-order valence-corrected chi connectivity index (χ1v) is 20.1. The highest BCUT2D eigenvalue weighted by Crippen LogP contribution is 2.54. The number of aliphatic hydroxyl groups is 1. The molecule has 1 unspecified atom stereocenters. The topological polar surface area (TPSA) is 28.4 Å². The van der Waals surface area contributed by atoms with Crippen LogP contribution in [-0.2, 0) is 5.60 Å². The Kier molecular flexibility index (Phi) is 7.78. The minimum Gasteiger partial charge on any atom is -0.376 e. The Balaban J connectivity index is 1.16. The first-order chi connectivity index (χ1) is 28.1. The number of fused-ring (bicyclic) bond motifs is 7. The molecule has 1 N–H and O–H groups in total. The monoisotopic (exact) mass is 794 g/mol. The van der Waals surface area contributed by atoms with E-state index >= 15 is 0 Å². The molecule has 1 aliphatic rings. The van der Waals surface area contributed by atoms with E-state index in [1.165, 1.54) is 16.3 Å². The lowest BCUT2D eigenvalue weighted by molar-refractivity contribution is 0.131. The Morgan fingerprint density at radius 3 is 1.77 bits per heavy atom. The maximum atomic E-state index is 13.3. The third kappa shape index (κ3) is 5.22. The molecule has 1 heterocycles. The lowest BCUT2D eigenvalue weighted by Crippen LogP contribution is -2.27. The van der Waals surface area contributed by atoms with Crippen molar-refractivity contribution in [1.82, 2.24) is 4.57 Å². The summed E-state index contributed by atoms with van der Waals surface area (Å²) in [4.78, 5) is 2.36. The largest absolute Gasteiger partial charge is 0.376 e. The smallest absolute Gasteiger partial charge is 0.142 e. The summed E-state index contributed by atoms with van der Waals surface area (Å²) in [6.45, 7) is 0. The number of hydrogen-bond donors (Lipinski definition) is 1. The van der Waals surface area contributed by atoms with Crippen LogP contribution in [0.15, 0.2) is 211 Å². The molecule has 0 spiro atoms. The van der Waals surface area contributed by atoms with Crippen LogP contribution in [-0.4, -0.2) is 9.67 Å². The summed E-state index contributed by atoms with van der Waals surface area (Å²) in [5.74, 6) is 0. The van der Waals surface area contributed by atoms with Gasteiger partial charge in [-0.15, -0.1) is 0 Å². The summed E-state index contributed by atoms with van der Waals surface area (Å²) in [5, 5.41) is 17.9. The summed E-state index contributed by atoms with van der Waals surface area (Å²) in [7, 11) is 0. The predicted octanol–water partition coefficient (Wildman–Crippen LogP) is 14.1. The zero-order valence-corrected chi connectivity index (χ0v) is 32.4. The molecule has 0 radical (unpaired) electrons. The van der Waals surface area contributed by atoms with Crippen LogP contribution < -0.4 is 4.90 Å². The fourth-order valence-corrected chi connectivity index (χ4v) is 9.54. The van der Waals surface area contributed by atoms with Crippen molar-refractivity contribution in [3.63, 3.8) is 0 Å². The van der Waals surface area contributed by atoms with Gasteiger partial charge in [0.1, 0.15) is 5.60 Å². The van der Waals surface area contributed by atoms with Gasteiger partial charge in [0.2, 0.25) is 0 Å². The molecule has 0 bridgehead atoms. The van der Waals surface area contributed by atoms with Gasteiger partial charge in [-0.3, -0.25) is 0 Å². The van der Waals surface area contributed by atoms with Crippen LogP contribution in [0.1, 0.15) is 16.7 Å². The third-order valence-corrected chi connectivity index (χ3v) is 12.1. The van der Waals surface area contributed by atoms with Crippen LogP contribution in [0.2, 0.25) is 0 Å². The molecule has 3 nitrogen and oxygen atoms in total. The first-order valence-electron chi connectivity index (χ1n) is 19.3. The lowest BCUT2D eigenvalue weighted by Gasteiger charge is -2.30. The summed E-state index contributed by atoms with van der Waals surface area (Å²) in [6.07, 6.45) is 0. The van der Waals surface area contributed by atoms with Crippen molar-refractivity contribution in [2.45, 2.75) is 5.60 Å². The molecule has 9 aromatic carbocycles. The number of nitrogens with zero attached hydrogens (tertiary/aromatic N) is 2. The highest BCUT2D eigenvalue weighted by atomic mass is 79.9. The number of aromatic nitrogens is 1. The van der Waals surface area contributed by atoms with Gasteiger partial charge in [-0.2, -0.15) is 0 Å². The molecule has 0 aliphatic heterocycles. The van der Waals surface area contributed by atoms with E-state index < -0.39 is 5.60 Å². The summed E-state index contributed by atoms with van der Waals surface area (Å²) >= 11 is 3.72. The van der Waals surface area contributed by atoms with Crippen molar-refractivity contribution in [3.8, 4) is 27.9 Å². The molecule has 270 valence electrons. The van der Waals surface area contributed by atoms with Gasteiger partial charge in [-0.25, -0.2) is 0 Å². The van der Waals surface area contributed by atoms with Crippen LogP contribution in [0, 0.1) is 0 Å². The average Bonchev–Trinajstić information content (AvgIpc) is 3.73. The van der Waals surface area contributed by atoms with Crippen molar-refractivity contribution in [2.24, 2.45) is 0 Å².